The monoisotopic (exact) mass is 270 g/mol. The number of aromatic nitrogens is 1. The molecule has 5 nitrogen and oxygen atoms in total. The summed E-state index contributed by atoms with van der Waals surface area (Å²) in [7, 11) is 3.63. The van der Waals surface area contributed by atoms with Crippen molar-refractivity contribution in [3.8, 4) is 0 Å². The number of rotatable bonds is 5. The first-order valence-corrected chi connectivity index (χ1v) is 6.82. The van der Waals surface area contributed by atoms with Gasteiger partial charge in [-0.25, -0.2) is 4.98 Å². The molecule has 2 rings (SSSR count). The molecule has 1 fully saturated rings. The predicted molar refractivity (Wildman–Crippen MR) is 70.5 cm³/mol. The molecule has 1 aromatic heterocycles. The van der Waals surface area contributed by atoms with Gasteiger partial charge >= 0.3 is 0 Å². The Morgan fingerprint density at radius 2 is 2.28 bits per heavy atom. The first-order valence-electron chi connectivity index (χ1n) is 6.00. The molecular formula is C12H18N2O3S. The van der Waals surface area contributed by atoms with Gasteiger partial charge in [-0.05, 0) is 12.8 Å². The summed E-state index contributed by atoms with van der Waals surface area (Å²) in [4.78, 5) is 18.3. The minimum atomic E-state index is 0.381. The number of hydrogen-bond acceptors (Lipinski definition) is 6. The highest BCUT2D eigenvalue weighted by Crippen LogP contribution is 2.28. The number of hydrogen-bond donors (Lipinski definition) is 0. The van der Waals surface area contributed by atoms with E-state index < -0.39 is 0 Å². The molecule has 100 valence electrons. The summed E-state index contributed by atoms with van der Waals surface area (Å²) in [6.45, 7) is 1.98. The maximum absolute atomic E-state index is 11.0. The lowest BCUT2D eigenvalue weighted by Gasteiger charge is -2.30. The number of carbonyl (C=O) groups is 1. The van der Waals surface area contributed by atoms with Crippen LogP contribution in [0.1, 0.15) is 28.2 Å². The van der Waals surface area contributed by atoms with Gasteiger partial charge in [-0.2, -0.15) is 0 Å². The predicted octanol–water partition coefficient (Wildman–Crippen LogP) is 1.72. The quantitative estimate of drug-likeness (QED) is 0.762. The number of thiazole rings is 1. The van der Waals surface area contributed by atoms with E-state index in [1.165, 1.54) is 11.3 Å². The first kappa shape index (κ1) is 13.5. The molecule has 2 heterocycles. The van der Waals surface area contributed by atoms with Gasteiger partial charge in [-0.15, -0.1) is 0 Å². The zero-order chi connectivity index (χ0) is 13.0. The summed E-state index contributed by atoms with van der Waals surface area (Å²) < 4.78 is 10.4. The van der Waals surface area contributed by atoms with E-state index in [0.29, 0.717) is 17.5 Å². The minimum Gasteiger partial charge on any atom is -0.381 e. The van der Waals surface area contributed by atoms with Crippen molar-refractivity contribution in [2.45, 2.75) is 25.5 Å². The van der Waals surface area contributed by atoms with E-state index in [-0.39, 0.29) is 0 Å². The lowest BCUT2D eigenvalue weighted by atomic mass is 10.1. The van der Waals surface area contributed by atoms with Crippen molar-refractivity contribution in [2.24, 2.45) is 0 Å². The van der Waals surface area contributed by atoms with Crippen LogP contribution in [-0.2, 0) is 16.1 Å². The van der Waals surface area contributed by atoms with E-state index in [2.05, 4.69) is 9.88 Å². The largest absolute Gasteiger partial charge is 0.381 e. The van der Waals surface area contributed by atoms with Crippen molar-refractivity contribution < 1.29 is 14.3 Å². The van der Waals surface area contributed by atoms with Crippen LogP contribution in [0.15, 0.2) is 0 Å². The second-order valence-corrected chi connectivity index (χ2v) is 5.32. The summed E-state index contributed by atoms with van der Waals surface area (Å²) in [5.41, 5.74) is 0.728. The number of anilines is 1. The molecule has 1 aromatic rings. The summed E-state index contributed by atoms with van der Waals surface area (Å²) >= 11 is 1.43. The fourth-order valence-corrected chi connectivity index (χ4v) is 2.98. The van der Waals surface area contributed by atoms with Gasteiger partial charge in [0.2, 0.25) is 0 Å². The van der Waals surface area contributed by atoms with Gasteiger partial charge in [0.1, 0.15) is 0 Å². The molecule has 0 radical (unpaired) electrons. The van der Waals surface area contributed by atoms with Crippen molar-refractivity contribution in [1.82, 2.24) is 4.98 Å². The second kappa shape index (κ2) is 6.26. The molecule has 0 unspecified atom stereocenters. The molecular weight excluding hydrogens is 252 g/mol. The fourth-order valence-electron chi connectivity index (χ4n) is 2.06. The summed E-state index contributed by atoms with van der Waals surface area (Å²) in [6, 6.07) is 0.444. The Hall–Kier alpha value is -0.980. The average molecular weight is 270 g/mol. The Balaban J connectivity index is 2.13. The molecule has 0 aromatic carbocycles. The van der Waals surface area contributed by atoms with Gasteiger partial charge in [0.05, 0.1) is 17.2 Å². The standard InChI is InChI=1S/C12H18N2O3S/c1-14(9-3-5-17-6-4-9)12-13-10(8-16-2)11(7-15)18-12/h7,9H,3-6,8H2,1-2H3. The van der Waals surface area contributed by atoms with E-state index in [0.717, 1.165) is 43.2 Å². The molecule has 1 aliphatic heterocycles. The average Bonchev–Trinajstić information content (AvgIpc) is 2.82. The molecule has 0 saturated carbocycles. The van der Waals surface area contributed by atoms with Crippen molar-refractivity contribution in [3.05, 3.63) is 10.6 Å². The van der Waals surface area contributed by atoms with Crippen LogP contribution in [0, 0.1) is 0 Å². The molecule has 1 aliphatic rings. The third-order valence-corrected chi connectivity index (χ3v) is 4.26. The topological polar surface area (TPSA) is 51.7 Å². The molecule has 6 heteroatoms. The van der Waals surface area contributed by atoms with Crippen LogP contribution in [0.2, 0.25) is 0 Å². The smallest absolute Gasteiger partial charge is 0.186 e. The molecule has 18 heavy (non-hydrogen) atoms. The maximum Gasteiger partial charge on any atom is 0.186 e. The van der Waals surface area contributed by atoms with Crippen molar-refractivity contribution in [1.29, 1.82) is 0 Å². The fraction of sp³-hybridized carbons (Fsp3) is 0.667. The van der Waals surface area contributed by atoms with Crippen molar-refractivity contribution in [3.63, 3.8) is 0 Å². The Morgan fingerprint density at radius 3 is 2.89 bits per heavy atom. The van der Waals surface area contributed by atoms with Gasteiger partial charge in [0.25, 0.3) is 0 Å². The maximum atomic E-state index is 11.0. The zero-order valence-corrected chi connectivity index (χ0v) is 11.5. The molecule has 0 aliphatic carbocycles. The van der Waals surface area contributed by atoms with E-state index >= 15 is 0 Å². The third kappa shape index (κ3) is 2.88. The van der Waals surface area contributed by atoms with E-state index in [1.54, 1.807) is 7.11 Å². The van der Waals surface area contributed by atoms with Crippen LogP contribution in [-0.4, -0.2) is 44.7 Å². The van der Waals surface area contributed by atoms with Crippen LogP contribution < -0.4 is 4.90 Å². The minimum absolute atomic E-state index is 0.381. The number of ether oxygens (including phenoxy) is 2. The first-order chi connectivity index (χ1) is 8.76. The highest BCUT2D eigenvalue weighted by atomic mass is 32.1. The van der Waals surface area contributed by atoms with Crippen LogP contribution in [0.5, 0.6) is 0 Å². The lowest BCUT2D eigenvalue weighted by Crippen LogP contribution is -2.36. The molecule has 0 amide bonds. The summed E-state index contributed by atoms with van der Waals surface area (Å²) in [5.74, 6) is 0. The number of methoxy groups -OCH3 is 1. The van der Waals surface area contributed by atoms with Crippen LogP contribution in [0.4, 0.5) is 5.13 Å². The van der Waals surface area contributed by atoms with E-state index in [9.17, 15) is 4.79 Å². The van der Waals surface area contributed by atoms with Crippen LogP contribution >= 0.6 is 11.3 Å². The van der Waals surface area contributed by atoms with Crippen LogP contribution in [0.3, 0.4) is 0 Å². The molecule has 0 atom stereocenters. The number of nitrogens with zero attached hydrogens (tertiary/aromatic N) is 2. The zero-order valence-electron chi connectivity index (χ0n) is 10.7. The van der Waals surface area contributed by atoms with E-state index in [4.69, 9.17) is 9.47 Å². The SMILES string of the molecule is COCc1nc(N(C)C2CCOCC2)sc1C=O. The number of carbonyl (C=O) groups excluding carboxylic acids is 1. The Kier molecular flexibility index (Phi) is 4.68. The highest BCUT2D eigenvalue weighted by molar-refractivity contribution is 7.17. The lowest BCUT2D eigenvalue weighted by molar-refractivity contribution is 0.0854. The molecule has 0 spiro atoms. The van der Waals surface area contributed by atoms with Gasteiger partial charge in [-0.1, -0.05) is 11.3 Å². The van der Waals surface area contributed by atoms with Crippen molar-refractivity contribution in [2.75, 3.05) is 32.3 Å². The van der Waals surface area contributed by atoms with E-state index in [1.807, 2.05) is 7.05 Å². The number of aldehydes is 1. The molecule has 0 bridgehead atoms. The second-order valence-electron chi connectivity index (χ2n) is 4.31. The highest BCUT2D eigenvalue weighted by Gasteiger charge is 2.22. The summed E-state index contributed by atoms with van der Waals surface area (Å²) in [6.07, 6.45) is 2.87. The van der Waals surface area contributed by atoms with Crippen LogP contribution in [0.25, 0.3) is 0 Å². The normalized spacial score (nSPS) is 16.8. The van der Waals surface area contributed by atoms with Gasteiger partial charge < -0.3 is 14.4 Å². The summed E-state index contributed by atoms with van der Waals surface area (Å²) in [5, 5.41) is 0.885. The Labute approximate surface area is 111 Å². The van der Waals surface area contributed by atoms with Gasteiger partial charge in [0, 0.05) is 33.4 Å². The van der Waals surface area contributed by atoms with Gasteiger partial charge in [0.15, 0.2) is 11.4 Å². The molecule has 1 saturated heterocycles. The Bertz CT molecular complexity index is 402. The Morgan fingerprint density at radius 1 is 1.56 bits per heavy atom. The third-order valence-electron chi connectivity index (χ3n) is 3.14. The van der Waals surface area contributed by atoms with Crippen molar-refractivity contribution >= 4 is 22.8 Å². The molecule has 0 N–H and O–H groups in total. The van der Waals surface area contributed by atoms with Gasteiger partial charge in [-0.3, -0.25) is 4.79 Å².